The summed E-state index contributed by atoms with van der Waals surface area (Å²) in [5.41, 5.74) is 1.21. The summed E-state index contributed by atoms with van der Waals surface area (Å²) >= 11 is 6.52. The first-order valence-electron chi connectivity index (χ1n) is 10.1. The van der Waals surface area contributed by atoms with Gasteiger partial charge in [0.05, 0.1) is 0 Å². The average Bonchev–Trinajstić information content (AvgIpc) is 3.27. The molecule has 31 heavy (non-hydrogen) atoms. The molecule has 0 atom stereocenters. The van der Waals surface area contributed by atoms with Crippen molar-refractivity contribution in [2.45, 2.75) is 38.8 Å². The number of anilines is 1. The van der Waals surface area contributed by atoms with Gasteiger partial charge in [0.25, 0.3) is 0 Å². The summed E-state index contributed by atoms with van der Waals surface area (Å²) in [5.74, 6) is 0.170. The van der Waals surface area contributed by atoms with E-state index in [1.54, 1.807) is 12.1 Å². The summed E-state index contributed by atoms with van der Waals surface area (Å²) in [6, 6.07) is 14.7. The predicted octanol–water partition coefficient (Wildman–Crippen LogP) is 5.12. The van der Waals surface area contributed by atoms with Gasteiger partial charge in [0.1, 0.15) is 11.2 Å². The minimum Gasteiger partial charge on any atom is -0.423 e. The number of fused-ring (bicyclic) bond motifs is 1. The number of aromatic nitrogens is 2. The van der Waals surface area contributed by atoms with Gasteiger partial charge in [-0.2, -0.15) is 0 Å². The SMILES string of the molecule is CCC(O)(CC)c1nnc(NCc2cc3oc(=O)cc(-c4ccccc4)c3cc2Cl)o1. The van der Waals surface area contributed by atoms with Gasteiger partial charge < -0.3 is 19.3 Å². The van der Waals surface area contributed by atoms with Gasteiger partial charge in [-0.1, -0.05) is 60.9 Å². The molecule has 0 radical (unpaired) electrons. The number of nitrogens with one attached hydrogen (secondary N) is 1. The number of hydrogen-bond donors (Lipinski definition) is 2. The van der Waals surface area contributed by atoms with Crippen molar-refractivity contribution in [3.63, 3.8) is 0 Å². The maximum atomic E-state index is 12.1. The van der Waals surface area contributed by atoms with Crippen LogP contribution in [0, 0.1) is 0 Å². The van der Waals surface area contributed by atoms with E-state index in [-0.39, 0.29) is 18.5 Å². The molecule has 0 amide bonds. The van der Waals surface area contributed by atoms with Crippen molar-refractivity contribution in [1.29, 1.82) is 0 Å². The van der Waals surface area contributed by atoms with Crippen molar-refractivity contribution in [3.8, 4) is 11.1 Å². The Bertz CT molecular complexity index is 1260. The Morgan fingerprint density at radius 1 is 1.06 bits per heavy atom. The second kappa shape index (κ2) is 8.53. The Labute approximate surface area is 183 Å². The van der Waals surface area contributed by atoms with Crippen molar-refractivity contribution in [2.24, 2.45) is 0 Å². The molecule has 0 saturated heterocycles. The summed E-state index contributed by atoms with van der Waals surface area (Å²) in [6.45, 7) is 3.98. The Morgan fingerprint density at radius 2 is 1.81 bits per heavy atom. The zero-order valence-corrected chi connectivity index (χ0v) is 17.9. The summed E-state index contributed by atoms with van der Waals surface area (Å²) in [5, 5.41) is 22.7. The van der Waals surface area contributed by atoms with Gasteiger partial charge in [-0.05, 0) is 41.7 Å². The maximum absolute atomic E-state index is 12.1. The molecule has 2 aromatic heterocycles. The molecule has 4 rings (SSSR count). The van der Waals surface area contributed by atoms with E-state index < -0.39 is 11.2 Å². The highest BCUT2D eigenvalue weighted by Crippen LogP contribution is 2.32. The van der Waals surface area contributed by atoms with Crippen LogP contribution in [0.15, 0.2) is 62.2 Å². The third-order valence-corrected chi connectivity index (χ3v) is 5.77. The van der Waals surface area contributed by atoms with Gasteiger partial charge in [-0.25, -0.2) is 4.79 Å². The normalized spacial score (nSPS) is 11.7. The molecular formula is C23H22ClN3O4. The molecule has 0 fully saturated rings. The molecule has 0 saturated carbocycles. The van der Waals surface area contributed by atoms with E-state index in [9.17, 15) is 9.90 Å². The fourth-order valence-corrected chi connectivity index (χ4v) is 3.65. The third kappa shape index (κ3) is 4.19. The van der Waals surface area contributed by atoms with Crippen LogP contribution in [-0.4, -0.2) is 15.3 Å². The van der Waals surface area contributed by atoms with Gasteiger partial charge in [-0.3, -0.25) is 0 Å². The van der Waals surface area contributed by atoms with Gasteiger partial charge in [-0.15, -0.1) is 5.10 Å². The fourth-order valence-electron chi connectivity index (χ4n) is 3.42. The lowest BCUT2D eigenvalue weighted by molar-refractivity contribution is 0.00206. The van der Waals surface area contributed by atoms with Gasteiger partial charge in [0.2, 0.25) is 5.89 Å². The van der Waals surface area contributed by atoms with Crippen molar-refractivity contribution in [3.05, 3.63) is 75.4 Å². The van der Waals surface area contributed by atoms with E-state index in [1.807, 2.05) is 44.2 Å². The zero-order chi connectivity index (χ0) is 22.0. The van der Waals surface area contributed by atoms with Crippen molar-refractivity contribution >= 4 is 28.6 Å². The molecule has 2 N–H and O–H groups in total. The summed E-state index contributed by atoms with van der Waals surface area (Å²) in [4.78, 5) is 12.1. The summed E-state index contributed by atoms with van der Waals surface area (Å²) in [6.07, 6.45) is 0.925. The topological polar surface area (TPSA) is 101 Å². The molecule has 160 valence electrons. The van der Waals surface area contributed by atoms with E-state index in [2.05, 4.69) is 15.5 Å². The number of aliphatic hydroxyl groups is 1. The van der Waals surface area contributed by atoms with Crippen LogP contribution in [0.25, 0.3) is 22.1 Å². The van der Waals surface area contributed by atoms with Crippen molar-refractivity contribution in [1.82, 2.24) is 10.2 Å². The molecule has 7 nitrogen and oxygen atoms in total. The van der Waals surface area contributed by atoms with E-state index in [0.29, 0.717) is 29.0 Å². The molecule has 0 bridgehead atoms. The van der Waals surface area contributed by atoms with Crippen molar-refractivity contribution < 1.29 is 13.9 Å². The second-order valence-corrected chi connectivity index (χ2v) is 7.70. The first-order chi connectivity index (χ1) is 14.9. The van der Waals surface area contributed by atoms with E-state index in [1.165, 1.54) is 6.07 Å². The Morgan fingerprint density at radius 3 is 2.52 bits per heavy atom. The molecule has 0 aliphatic rings. The highest BCUT2D eigenvalue weighted by molar-refractivity contribution is 6.32. The maximum Gasteiger partial charge on any atom is 0.336 e. The molecule has 0 aliphatic heterocycles. The monoisotopic (exact) mass is 439 g/mol. The first-order valence-corrected chi connectivity index (χ1v) is 10.4. The zero-order valence-electron chi connectivity index (χ0n) is 17.2. The number of rotatable bonds is 7. The minimum absolute atomic E-state index is 0.170. The number of nitrogens with zero attached hydrogens (tertiary/aromatic N) is 2. The van der Waals surface area contributed by atoms with E-state index >= 15 is 0 Å². The quantitative estimate of drug-likeness (QED) is 0.385. The Balaban J connectivity index is 1.63. The highest BCUT2D eigenvalue weighted by atomic mass is 35.5. The van der Waals surface area contributed by atoms with Crippen LogP contribution in [0.4, 0.5) is 6.01 Å². The standard InChI is InChI=1S/C23H22ClN3O4/c1-3-23(29,4-2)21-26-27-22(31-21)25-13-15-10-19-17(11-18(15)24)16(12-20(28)30-19)14-8-6-5-7-9-14/h5-12,29H,3-4,13H2,1-2H3,(H,25,27). The molecular weight excluding hydrogens is 418 g/mol. The minimum atomic E-state index is -1.15. The Hall–Kier alpha value is -3.16. The summed E-state index contributed by atoms with van der Waals surface area (Å²) < 4.78 is 11.0. The van der Waals surface area contributed by atoms with Crippen molar-refractivity contribution in [2.75, 3.05) is 5.32 Å². The van der Waals surface area contributed by atoms with Crippen LogP contribution < -0.4 is 10.9 Å². The number of hydrogen-bond acceptors (Lipinski definition) is 7. The Kier molecular flexibility index (Phi) is 5.80. The molecule has 0 spiro atoms. The fraction of sp³-hybridized carbons (Fsp3) is 0.261. The lowest BCUT2D eigenvalue weighted by Gasteiger charge is -2.19. The molecule has 2 aromatic carbocycles. The predicted molar refractivity (Wildman–Crippen MR) is 119 cm³/mol. The lowest BCUT2D eigenvalue weighted by Crippen LogP contribution is -2.23. The van der Waals surface area contributed by atoms with Crippen LogP contribution in [-0.2, 0) is 12.1 Å². The van der Waals surface area contributed by atoms with E-state index in [0.717, 1.165) is 16.5 Å². The van der Waals surface area contributed by atoms with Gasteiger partial charge in [0.15, 0.2) is 0 Å². The number of benzene rings is 2. The average molecular weight is 440 g/mol. The van der Waals surface area contributed by atoms with Crippen LogP contribution in [0.3, 0.4) is 0 Å². The smallest absolute Gasteiger partial charge is 0.336 e. The van der Waals surface area contributed by atoms with Gasteiger partial charge in [0, 0.05) is 23.0 Å². The summed E-state index contributed by atoms with van der Waals surface area (Å²) in [7, 11) is 0. The largest absolute Gasteiger partial charge is 0.423 e. The third-order valence-electron chi connectivity index (χ3n) is 5.42. The van der Waals surface area contributed by atoms with Gasteiger partial charge >= 0.3 is 11.6 Å². The first kappa shape index (κ1) is 21.1. The second-order valence-electron chi connectivity index (χ2n) is 7.29. The van der Waals surface area contributed by atoms with Crippen LogP contribution in [0.5, 0.6) is 0 Å². The van der Waals surface area contributed by atoms with Crippen LogP contribution in [0.2, 0.25) is 5.02 Å². The lowest BCUT2D eigenvalue weighted by atomic mass is 9.98. The molecule has 0 unspecified atom stereocenters. The molecule has 0 aliphatic carbocycles. The molecule has 4 aromatic rings. The molecule has 8 heteroatoms. The van der Waals surface area contributed by atoms with Crippen LogP contribution >= 0.6 is 11.6 Å². The number of halogens is 1. The molecule has 2 heterocycles. The van der Waals surface area contributed by atoms with Crippen LogP contribution in [0.1, 0.15) is 38.1 Å². The highest BCUT2D eigenvalue weighted by Gasteiger charge is 2.31. The van der Waals surface area contributed by atoms with E-state index in [4.69, 9.17) is 20.4 Å².